The lowest BCUT2D eigenvalue weighted by Crippen LogP contribution is -2.30. The molecule has 0 fully saturated rings. The van der Waals surface area contributed by atoms with Gasteiger partial charge in [0.2, 0.25) is 5.91 Å². The molecule has 3 rings (SSSR count). The van der Waals surface area contributed by atoms with Crippen molar-refractivity contribution in [3.05, 3.63) is 48.0 Å². The topological polar surface area (TPSA) is 32.3 Å². The zero-order valence-electron chi connectivity index (χ0n) is 11.8. The van der Waals surface area contributed by atoms with Crippen molar-refractivity contribution in [3.8, 4) is 11.1 Å². The van der Waals surface area contributed by atoms with Crippen molar-refractivity contribution in [3.63, 3.8) is 0 Å². The van der Waals surface area contributed by atoms with Gasteiger partial charge in [-0.3, -0.25) is 4.79 Å². The molecule has 0 bridgehead atoms. The van der Waals surface area contributed by atoms with Crippen LogP contribution >= 0.6 is 0 Å². The molecule has 0 saturated heterocycles. The maximum atomic E-state index is 11.7. The van der Waals surface area contributed by atoms with Gasteiger partial charge in [0.25, 0.3) is 0 Å². The van der Waals surface area contributed by atoms with Gasteiger partial charge in [0.05, 0.1) is 0 Å². The number of hydrogen-bond acceptors (Lipinski definition) is 2. The normalized spacial score (nSPS) is 14.1. The largest absolute Gasteiger partial charge is 0.388 e. The Morgan fingerprint density at radius 2 is 1.70 bits per heavy atom. The summed E-state index contributed by atoms with van der Waals surface area (Å²) in [5.41, 5.74) is 5.80. The number of hydrogen-bond donors (Lipinski definition) is 1. The zero-order chi connectivity index (χ0) is 14.1. The Morgan fingerprint density at radius 3 is 2.40 bits per heavy atom. The number of amides is 1. The fourth-order valence-electron chi connectivity index (χ4n) is 2.67. The van der Waals surface area contributed by atoms with Crippen LogP contribution in [0.15, 0.2) is 42.5 Å². The Kier molecular flexibility index (Phi) is 3.18. The van der Waals surface area contributed by atoms with Crippen LogP contribution < -0.4 is 10.2 Å². The van der Waals surface area contributed by atoms with Gasteiger partial charge in [-0.25, -0.2) is 0 Å². The summed E-state index contributed by atoms with van der Waals surface area (Å²) in [5, 5.41) is 3.12. The van der Waals surface area contributed by atoms with E-state index in [1.165, 1.54) is 16.7 Å². The Balaban J connectivity index is 1.97. The minimum absolute atomic E-state index is 0.198. The summed E-state index contributed by atoms with van der Waals surface area (Å²) in [5.74, 6) is 0.198. The van der Waals surface area contributed by atoms with Crippen LogP contribution in [0.25, 0.3) is 11.1 Å². The molecule has 0 spiro atoms. The van der Waals surface area contributed by atoms with Crippen molar-refractivity contribution in [1.82, 2.24) is 0 Å². The van der Waals surface area contributed by atoms with Crippen molar-refractivity contribution in [2.24, 2.45) is 0 Å². The third kappa shape index (κ3) is 2.16. The number of carbonyl (C=O) groups excluding carboxylic acids is 1. The first-order valence-corrected chi connectivity index (χ1v) is 6.87. The maximum absolute atomic E-state index is 11.7. The van der Waals surface area contributed by atoms with Crippen molar-refractivity contribution >= 4 is 17.3 Å². The monoisotopic (exact) mass is 266 g/mol. The predicted molar refractivity (Wildman–Crippen MR) is 83.2 cm³/mol. The molecule has 1 N–H and O–H groups in total. The number of aryl methyl sites for hydroxylation is 1. The molecule has 1 heterocycles. The summed E-state index contributed by atoms with van der Waals surface area (Å²) in [6.45, 7) is 0. The van der Waals surface area contributed by atoms with Gasteiger partial charge in [0.15, 0.2) is 0 Å². The van der Waals surface area contributed by atoms with E-state index in [0.717, 1.165) is 17.8 Å². The molecular weight excluding hydrogens is 248 g/mol. The van der Waals surface area contributed by atoms with Crippen molar-refractivity contribution < 1.29 is 4.79 Å². The minimum atomic E-state index is 0.198. The highest BCUT2D eigenvalue weighted by molar-refractivity contribution is 5.96. The van der Waals surface area contributed by atoms with Gasteiger partial charge in [0.1, 0.15) is 0 Å². The molecule has 0 radical (unpaired) electrons. The molecule has 2 aromatic carbocycles. The van der Waals surface area contributed by atoms with Gasteiger partial charge in [-0.1, -0.05) is 18.2 Å². The van der Waals surface area contributed by atoms with E-state index < -0.39 is 0 Å². The number of fused-ring (bicyclic) bond motifs is 1. The van der Waals surface area contributed by atoms with E-state index in [-0.39, 0.29) is 5.91 Å². The Labute approximate surface area is 119 Å². The molecule has 3 heteroatoms. The number of nitrogens with one attached hydrogen (secondary N) is 1. The highest BCUT2D eigenvalue weighted by Crippen LogP contribution is 2.31. The first-order chi connectivity index (χ1) is 9.69. The lowest BCUT2D eigenvalue weighted by atomic mass is 9.96. The van der Waals surface area contributed by atoms with Crippen LogP contribution in [0.5, 0.6) is 0 Å². The molecule has 20 heavy (non-hydrogen) atoms. The van der Waals surface area contributed by atoms with Gasteiger partial charge in [0, 0.05) is 31.9 Å². The van der Waals surface area contributed by atoms with Gasteiger partial charge in [-0.15, -0.1) is 0 Å². The zero-order valence-corrected chi connectivity index (χ0v) is 11.8. The van der Waals surface area contributed by atoms with Gasteiger partial charge >= 0.3 is 0 Å². The molecule has 1 aliphatic rings. The molecule has 0 unspecified atom stereocenters. The molecule has 0 aromatic heterocycles. The van der Waals surface area contributed by atoms with Crippen LogP contribution in [0.1, 0.15) is 12.0 Å². The summed E-state index contributed by atoms with van der Waals surface area (Å²) in [6, 6.07) is 14.7. The fraction of sp³-hybridized carbons (Fsp3) is 0.235. The van der Waals surface area contributed by atoms with Crippen molar-refractivity contribution in [2.45, 2.75) is 12.8 Å². The van der Waals surface area contributed by atoms with Gasteiger partial charge in [-0.05, 0) is 47.4 Å². The molecule has 0 saturated carbocycles. The van der Waals surface area contributed by atoms with Gasteiger partial charge in [-0.2, -0.15) is 0 Å². The second-order valence-corrected chi connectivity index (χ2v) is 5.12. The summed E-state index contributed by atoms with van der Waals surface area (Å²) in [6.07, 6.45) is 1.44. The predicted octanol–water partition coefficient (Wildman–Crippen LogP) is 3.30. The Morgan fingerprint density at radius 1 is 1.00 bits per heavy atom. The molecule has 1 aliphatic heterocycles. The average molecular weight is 266 g/mol. The van der Waals surface area contributed by atoms with E-state index in [9.17, 15) is 4.79 Å². The van der Waals surface area contributed by atoms with Crippen LogP contribution in [0.3, 0.4) is 0 Å². The second kappa shape index (κ2) is 5.00. The van der Waals surface area contributed by atoms with Crippen LogP contribution in [0.4, 0.5) is 11.4 Å². The van der Waals surface area contributed by atoms with E-state index in [1.54, 1.807) is 4.90 Å². The molecule has 102 valence electrons. The molecular formula is C17H18N2O. The fourth-order valence-corrected chi connectivity index (χ4v) is 2.67. The van der Waals surface area contributed by atoms with E-state index in [1.807, 2.05) is 20.2 Å². The summed E-state index contributed by atoms with van der Waals surface area (Å²) < 4.78 is 0. The van der Waals surface area contributed by atoms with Crippen molar-refractivity contribution in [2.75, 3.05) is 24.3 Å². The van der Waals surface area contributed by atoms with E-state index in [0.29, 0.717) is 6.42 Å². The van der Waals surface area contributed by atoms with E-state index >= 15 is 0 Å². The van der Waals surface area contributed by atoms with Crippen LogP contribution in [-0.2, 0) is 11.2 Å². The second-order valence-electron chi connectivity index (χ2n) is 5.12. The molecule has 3 nitrogen and oxygen atoms in total. The van der Waals surface area contributed by atoms with Crippen LogP contribution in [0.2, 0.25) is 0 Å². The Bertz CT molecular complexity index is 647. The van der Waals surface area contributed by atoms with E-state index in [2.05, 4.69) is 41.7 Å². The van der Waals surface area contributed by atoms with Crippen LogP contribution in [0, 0.1) is 0 Å². The number of anilines is 2. The number of benzene rings is 2. The third-order valence-corrected chi connectivity index (χ3v) is 3.93. The first kappa shape index (κ1) is 12.7. The highest BCUT2D eigenvalue weighted by Gasteiger charge is 2.20. The first-order valence-electron chi connectivity index (χ1n) is 6.87. The van der Waals surface area contributed by atoms with Crippen molar-refractivity contribution in [1.29, 1.82) is 0 Å². The Hall–Kier alpha value is -2.29. The van der Waals surface area contributed by atoms with E-state index in [4.69, 9.17) is 0 Å². The number of rotatable bonds is 2. The molecule has 0 atom stereocenters. The lowest BCUT2D eigenvalue weighted by Gasteiger charge is -2.26. The summed E-state index contributed by atoms with van der Waals surface area (Å²) in [4.78, 5) is 13.5. The number of nitrogens with zero attached hydrogens (tertiary/aromatic N) is 1. The molecule has 1 amide bonds. The highest BCUT2D eigenvalue weighted by atomic mass is 16.2. The summed E-state index contributed by atoms with van der Waals surface area (Å²) >= 11 is 0. The quantitative estimate of drug-likeness (QED) is 0.904. The average Bonchev–Trinajstić information content (AvgIpc) is 2.51. The molecule has 2 aromatic rings. The molecule has 0 aliphatic carbocycles. The van der Waals surface area contributed by atoms with Gasteiger partial charge < -0.3 is 10.2 Å². The summed E-state index contributed by atoms with van der Waals surface area (Å²) in [7, 11) is 3.77. The smallest absolute Gasteiger partial charge is 0.227 e. The standard InChI is InChI=1S/C17H18N2O/c1-18-15-7-3-12(4-8-15)13-5-9-16-14(11-13)6-10-17(20)19(16)2/h3-5,7-9,11,18H,6,10H2,1-2H3. The maximum Gasteiger partial charge on any atom is 0.227 e. The SMILES string of the molecule is CNc1ccc(-c2ccc3c(c2)CCC(=O)N3C)cc1. The minimum Gasteiger partial charge on any atom is -0.388 e. The number of carbonyl (C=O) groups is 1. The lowest BCUT2D eigenvalue weighted by molar-refractivity contribution is -0.118. The third-order valence-electron chi connectivity index (χ3n) is 3.93. The van der Waals surface area contributed by atoms with Crippen LogP contribution in [-0.4, -0.2) is 20.0 Å².